The number of ether oxygens (including phenoxy) is 3. The highest BCUT2D eigenvalue weighted by atomic mass is 16.5. The number of aromatic nitrogens is 2. The molecule has 1 amide bonds. The summed E-state index contributed by atoms with van der Waals surface area (Å²) in [6.07, 6.45) is 1.67. The number of pyridine rings is 1. The summed E-state index contributed by atoms with van der Waals surface area (Å²) >= 11 is 0. The number of carbonyl (C=O) groups is 2. The summed E-state index contributed by atoms with van der Waals surface area (Å²) < 4.78 is 17.2. The van der Waals surface area contributed by atoms with Gasteiger partial charge in [-0.2, -0.15) is 0 Å². The van der Waals surface area contributed by atoms with Crippen molar-refractivity contribution in [1.29, 1.82) is 0 Å². The van der Waals surface area contributed by atoms with Crippen molar-refractivity contribution >= 4 is 17.5 Å². The van der Waals surface area contributed by atoms with Gasteiger partial charge in [0.1, 0.15) is 29.4 Å². The van der Waals surface area contributed by atoms with E-state index in [9.17, 15) is 9.59 Å². The Bertz CT molecular complexity index is 1020. The molecule has 0 saturated heterocycles. The molecule has 0 aliphatic rings. The summed E-state index contributed by atoms with van der Waals surface area (Å²) in [6, 6.07) is 10.9. The number of esters is 1. The van der Waals surface area contributed by atoms with Gasteiger partial charge in [0.2, 0.25) is 0 Å². The maximum atomic E-state index is 13.2. The number of amides is 1. The van der Waals surface area contributed by atoms with Crippen LogP contribution in [0.25, 0.3) is 5.65 Å². The van der Waals surface area contributed by atoms with Crippen LogP contribution in [0.5, 0.6) is 11.5 Å². The molecule has 29 heavy (non-hydrogen) atoms. The molecule has 3 rings (SSSR count). The molecule has 0 bridgehead atoms. The van der Waals surface area contributed by atoms with E-state index >= 15 is 0 Å². The van der Waals surface area contributed by atoms with Crippen LogP contribution in [0.2, 0.25) is 0 Å². The number of hydrogen-bond acceptors (Lipinski definition) is 6. The molecule has 8 nitrogen and oxygen atoms in total. The average Bonchev–Trinajstić information content (AvgIpc) is 3.18. The average molecular weight is 397 g/mol. The van der Waals surface area contributed by atoms with Gasteiger partial charge in [-0.25, -0.2) is 4.98 Å². The van der Waals surface area contributed by atoms with E-state index in [1.807, 2.05) is 29.5 Å². The molecule has 0 aliphatic heterocycles. The van der Waals surface area contributed by atoms with Crippen molar-refractivity contribution in [2.24, 2.45) is 0 Å². The number of carbonyl (C=O) groups excluding carboxylic acids is 2. The Labute approximate surface area is 168 Å². The molecule has 0 spiro atoms. The molecule has 3 aromatic rings. The van der Waals surface area contributed by atoms with Crippen LogP contribution in [0, 0.1) is 6.92 Å². The van der Waals surface area contributed by atoms with Crippen LogP contribution in [0.15, 0.2) is 42.6 Å². The Balaban J connectivity index is 1.95. The second-order valence-electron chi connectivity index (χ2n) is 6.48. The van der Waals surface area contributed by atoms with Crippen molar-refractivity contribution in [2.75, 3.05) is 27.9 Å². The minimum Gasteiger partial charge on any atom is -0.497 e. The Morgan fingerprint density at radius 2 is 1.76 bits per heavy atom. The smallest absolute Gasteiger partial charge is 0.325 e. The van der Waals surface area contributed by atoms with E-state index in [1.165, 1.54) is 12.0 Å². The first-order valence-electron chi connectivity index (χ1n) is 8.98. The van der Waals surface area contributed by atoms with Gasteiger partial charge in [0.15, 0.2) is 0 Å². The molecule has 2 aromatic heterocycles. The van der Waals surface area contributed by atoms with Crippen molar-refractivity contribution in [3.63, 3.8) is 0 Å². The Kier molecular flexibility index (Phi) is 6.01. The fourth-order valence-electron chi connectivity index (χ4n) is 3.01. The summed E-state index contributed by atoms with van der Waals surface area (Å²) in [4.78, 5) is 30.9. The largest absolute Gasteiger partial charge is 0.497 e. The quantitative estimate of drug-likeness (QED) is 0.570. The van der Waals surface area contributed by atoms with Gasteiger partial charge in [0.05, 0.1) is 21.3 Å². The predicted octanol–water partition coefficient (Wildman–Crippen LogP) is 2.48. The molecule has 0 unspecified atom stereocenters. The zero-order valence-corrected chi connectivity index (χ0v) is 16.8. The van der Waals surface area contributed by atoms with E-state index in [0.29, 0.717) is 17.1 Å². The van der Waals surface area contributed by atoms with Gasteiger partial charge in [0, 0.05) is 24.5 Å². The molecule has 152 valence electrons. The van der Waals surface area contributed by atoms with Crippen LogP contribution in [0.4, 0.5) is 0 Å². The third kappa shape index (κ3) is 4.48. The summed E-state index contributed by atoms with van der Waals surface area (Å²) in [5, 5.41) is 0. The van der Waals surface area contributed by atoms with Crippen molar-refractivity contribution in [1.82, 2.24) is 14.3 Å². The van der Waals surface area contributed by atoms with Crippen molar-refractivity contribution in [2.45, 2.75) is 13.5 Å². The van der Waals surface area contributed by atoms with Crippen LogP contribution in [0.1, 0.15) is 21.7 Å². The topological polar surface area (TPSA) is 82.4 Å². The monoisotopic (exact) mass is 397 g/mol. The van der Waals surface area contributed by atoms with Gasteiger partial charge in [-0.15, -0.1) is 0 Å². The van der Waals surface area contributed by atoms with E-state index in [0.717, 1.165) is 11.3 Å². The van der Waals surface area contributed by atoms with Crippen LogP contribution >= 0.6 is 0 Å². The lowest BCUT2D eigenvalue weighted by atomic mass is 10.1. The molecule has 0 N–H and O–H groups in total. The zero-order chi connectivity index (χ0) is 21.0. The van der Waals surface area contributed by atoms with E-state index in [1.54, 1.807) is 38.6 Å². The highest BCUT2D eigenvalue weighted by Crippen LogP contribution is 2.24. The molecule has 0 atom stereocenters. The van der Waals surface area contributed by atoms with Gasteiger partial charge in [-0.1, -0.05) is 6.07 Å². The third-order valence-corrected chi connectivity index (χ3v) is 4.53. The maximum Gasteiger partial charge on any atom is 0.325 e. The van der Waals surface area contributed by atoms with Gasteiger partial charge in [-0.05, 0) is 36.8 Å². The molecule has 2 heterocycles. The van der Waals surface area contributed by atoms with Crippen LogP contribution in [-0.4, -0.2) is 54.0 Å². The minimum absolute atomic E-state index is 0.161. The SMILES string of the molecule is COC(=O)CN(Cc1cc(OC)cc(OC)c1)C(=O)c1cn2c(C)cccc2n1. The first-order valence-corrected chi connectivity index (χ1v) is 8.98. The number of benzene rings is 1. The fourth-order valence-corrected chi connectivity index (χ4v) is 3.01. The van der Waals surface area contributed by atoms with Gasteiger partial charge in [-0.3, -0.25) is 9.59 Å². The first-order chi connectivity index (χ1) is 13.9. The van der Waals surface area contributed by atoms with E-state index < -0.39 is 5.97 Å². The normalized spacial score (nSPS) is 10.6. The number of aryl methyl sites for hydroxylation is 1. The number of rotatable bonds is 7. The van der Waals surface area contributed by atoms with Crippen LogP contribution < -0.4 is 9.47 Å². The second kappa shape index (κ2) is 8.64. The summed E-state index contributed by atoms with van der Waals surface area (Å²) in [5.74, 6) is 0.287. The number of imidazole rings is 1. The highest BCUT2D eigenvalue weighted by molar-refractivity contribution is 5.94. The number of fused-ring (bicyclic) bond motifs is 1. The number of methoxy groups -OCH3 is 3. The molecule has 0 saturated carbocycles. The minimum atomic E-state index is -0.520. The van der Waals surface area contributed by atoms with Gasteiger partial charge < -0.3 is 23.5 Å². The lowest BCUT2D eigenvalue weighted by Crippen LogP contribution is -2.36. The summed E-state index contributed by atoms with van der Waals surface area (Å²) in [7, 11) is 4.39. The lowest BCUT2D eigenvalue weighted by Gasteiger charge is -2.21. The molecule has 0 fully saturated rings. The lowest BCUT2D eigenvalue weighted by molar-refractivity contribution is -0.141. The third-order valence-electron chi connectivity index (χ3n) is 4.53. The molecular weight excluding hydrogens is 374 g/mol. The molecular formula is C21H23N3O5. The molecule has 0 radical (unpaired) electrons. The van der Waals surface area contributed by atoms with Gasteiger partial charge in [0.25, 0.3) is 5.91 Å². The van der Waals surface area contributed by atoms with Crippen molar-refractivity contribution in [3.8, 4) is 11.5 Å². The Morgan fingerprint density at radius 1 is 1.07 bits per heavy atom. The number of nitrogens with zero attached hydrogens (tertiary/aromatic N) is 3. The van der Waals surface area contributed by atoms with Crippen LogP contribution in [0.3, 0.4) is 0 Å². The predicted molar refractivity (Wildman–Crippen MR) is 106 cm³/mol. The van der Waals surface area contributed by atoms with E-state index in [2.05, 4.69) is 4.98 Å². The van der Waals surface area contributed by atoms with Gasteiger partial charge >= 0.3 is 5.97 Å². The first kappa shape index (κ1) is 20.2. The van der Waals surface area contributed by atoms with Crippen molar-refractivity contribution < 1.29 is 23.8 Å². The molecule has 0 aliphatic carbocycles. The van der Waals surface area contributed by atoms with Crippen molar-refractivity contribution in [3.05, 3.63) is 59.5 Å². The standard InChI is InChI=1S/C21H23N3O5/c1-14-6-5-7-19-22-18(12-24(14)19)21(26)23(13-20(25)29-4)11-15-8-16(27-2)10-17(9-15)28-3/h5-10,12H,11,13H2,1-4H3. The van der Waals surface area contributed by atoms with E-state index in [-0.39, 0.29) is 24.7 Å². The highest BCUT2D eigenvalue weighted by Gasteiger charge is 2.23. The second-order valence-corrected chi connectivity index (χ2v) is 6.48. The Morgan fingerprint density at radius 3 is 2.34 bits per heavy atom. The number of hydrogen-bond donors (Lipinski definition) is 0. The van der Waals surface area contributed by atoms with E-state index in [4.69, 9.17) is 14.2 Å². The maximum absolute atomic E-state index is 13.2. The zero-order valence-electron chi connectivity index (χ0n) is 16.8. The van der Waals surface area contributed by atoms with Crippen LogP contribution in [-0.2, 0) is 16.1 Å². The summed E-state index contributed by atoms with van der Waals surface area (Å²) in [5.41, 5.74) is 2.61. The molecule has 8 heteroatoms. The Hall–Kier alpha value is -3.55. The summed E-state index contributed by atoms with van der Waals surface area (Å²) in [6.45, 7) is 1.88. The molecule has 1 aromatic carbocycles. The fraction of sp³-hybridized carbons (Fsp3) is 0.286.